The van der Waals surface area contributed by atoms with E-state index >= 15 is 0 Å². The van der Waals surface area contributed by atoms with Crippen LogP contribution in [0.4, 0.5) is 5.69 Å². The Bertz CT molecular complexity index is 641. The van der Waals surface area contributed by atoms with Gasteiger partial charge < -0.3 is 0 Å². The monoisotopic (exact) mass is 292 g/mol. The molecule has 0 bridgehead atoms. The van der Waals surface area contributed by atoms with Crippen molar-refractivity contribution in [2.75, 3.05) is 5.32 Å². The Balaban J connectivity index is 1.83. The molecule has 2 aromatic heterocycles. The molecule has 3 aromatic rings. The molecule has 0 amide bonds. The number of nitrogens with one attached hydrogen (secondary N) is 1. The summed E-state index contributed by atoms with van der Waals surface area (Å²) in [6.07, 6.45) is 4.16. The molecule has 2 heterocycles. The average molecular weight is 291 g/mol. The summed E-state index contributed by atoms with van der Waals surface area (Å²) in [5.74, 6) is 0. The second-order valence-electron chi connectivity index (χ2n) is 3.98. The standard InChI is InChI=1S/C12H12N4Se/c1-16-6-5-9(8-16)7-13-10-3-2-4-11-12(10)15-17-14-11/h2-6,8,13H,7H2,1H3. The van der Waals surface area contributed by atoms with E-state index in [0.29, 0.717) is 0 Å². The van der Waals surface area contributed by atoms with Crippen LogP contribution in [0.15, 0.2) is 36.7 Å². The van der Waals surface area contributed by atoms with Crippen LogP contribution in [0.25, 0.3) is 11.0 Å². The van der Waals surface area contributed by atoms with E-state index in [0.717, 1.165) is 23.3 Å². The first-order valence-electron chi connectivity index (χ1n) is 5.39. The van der Waals surface area contributed by atoms with Crippen LogP contribution in [0.1, 0.15) is 5.56 Å². The van der Waals surface area contributed by atoms with Crippen molar-refractivity contribution >= 4 is 31.7 Å². The third kappa shape index (κ3) is 2.12. The van der Waals surface area contributed by atoms with Crippen molar-refractivity contribution < 1.29 is 0 Å². The molecule has 3 rings (SSSR count). The van der Waals surface area contributed by atoms with Crippen LogP contribution in [0.2, 0.25) is 0 Å². The number of anilines is 1. The number of nitrogens with zero attached hydrogens (tertiary/aromatic N) is 3. The van der Waals surface area contributed by atoms with E-state index in [4.69, 9.17) is 0 Å². The molecular formula is C12H12N4Se. The van der Waals surface area contributed by atoms with Gasteiger partial charge >= 0.3 is 105 Å². The summed E-state index contributed by atoms with van der Waals surface area (Å²) in [6, 6.07) is 8.21. The molecular weight excluding hydrogens is 279 g/mol. The molecule has 0 spiro atoms. The molecule has 0 saturated carbocycles. The molecule has 17 heavy (non-hydrogen) atoms. The van der Waals surface area contributed by atoms with E-state index < -0.39 is 0 Å². The zero-order valence-corrected chi connectivity index (χ0v) is 11.1. The van der Waals surface area contributed by atoms with Crippen molar-refractivity contribution in [2.45, 2.75) is 6.54 Å². The molecule has 5 heteroatoms. The summed E-state index contributed by atoms with van der Waals surface area (Å²) in [4.78, 5) is 0. The molecule has 0 fully saturated rings. The van der Waals surface area contributed by atoms with E-state index in [1.54, 1.807) is 0 Å². The number of fused-ring (bicyclic) bond motifs is 1. The summed E-state index contributed by atoms with van der Waals surface area (Å²) in [5, 5.41) is 3.42. The minimum atomic E-state index is 0.0346. The number of benzene rings is 1. The Morgan fingerprint density at radius 2 is 2.24 bits per heavy atom. The predicted molar refractivity (Wildman–Crippen MR) is 69.2 cm³/mol. The second-order valence-corrected chi connectivity index (χ2v) is 5.09. The third-order valence-corrected chi connectivity index (χ3v) is 3.80. The van der Waals surface area contributed by atoms with Gasteiger partial charge in [0.1, 0.15) is 0 Å². The van der Waals surface area contributed by atoms with Gasteiger partial charge in [0.25, 0.3) is 0 Å². The van der Waals surface area contributed by atoms with Gasteiger partial charge in [-0.25, -0.2) is 0 Å². The number of hydrogen-bond acceptors (Lipinski definition) is 3. The molecule has 0 aliphatic carbocycles. The summed E-state index contributed by atoms with van der Waals surface area (Å²) < 4.78 is 10.9. The Morgan fingerprint density at radius 3 is 3.06 bits per heavy atom. The third-order valence-electron chi connectivity index (χ3n) is 2.66. The Hall–Kier alpha value is -1.58. The van der Waals surface area contributed by atoms with Crippen LogP contribution >= 0.6 is 0 Å². The van der Waals surface area contributed by atoms with Crippen LogP contribution in [-0.4, -0.2) is 27.5 Å². The van der Waals surface area contributed by atoms with Crippen LogP contribution in [-0.2, 0) is 13.6 Å². The van der Waals surface area contributed by atoms with Crippen molar-refractivity contribution in [2.24, 2.45) is 7.05 Å². The fourth-order valence-electron chi connectivity index (χ4n) is 1.81. The minimum absolute atomic E-state index is 0.0346. The second kappa shape index (κ2) is 4.35. The van der Waals surface area contributed by atoms with Crippen LogP contribution < -0.4 is 5.32 Å². The van der Waals surface area contributed by atoms with Gasteiger partial charge in [0.2, 0.25) is 0 Å². The van der Waals surface area contributed by atoms with E-state index in [2.05, 4.69) is 42.4 Å². The van der Waals surface area contributed by atoms with Crippen LogP contribution in [0.5, 0.6) is 0 Å². The van der Waals surface area contributed by atoms with Gasteiger partial charge in [0.05, 0.1) is 0 Å². The van der Waals surface area contributed by atoms with Crippen molar-refractivity contribution in [1.82, 2.24) is 12.5 Å². The first kappa shape index (κ1) is 10.6. The number of hydrogen-bond donors (Lipinski definition) is 1. The zero-order chi connectivity index (χ0) is 11.7. The van der Waals surface area contributed by atoms with Gasteiger partial charge in [-0.1, -0.05) is 0 Å². The fraction of sp³-hybridized carbons (Fsp3) is 0.167. The van der Waals surface area contributed by atoms with Crippen molar-refractivity contribution in [3.05, 3.63) is 42.2 Å². The van der Waals surface area contributed by atoms with Crippen LogP contribution in [0.3, 0.4) is 0 Å². The first-order valence-corrected chi connectivity index (χ1v) is 6.92. The summed E-state index contributed by atoms with van der Waals surface area (Å²) >= 11 is 0.0346. The van der Waals surface area contributed by atoms with Crippen molar-refractivity contribution in [3.8, 4) is 0 Å². The van der Waals surface area contributed by atoms with Crippen molar-refractivity contribution in [1.29, 1.82) is 0 Å². The molecule has 0 aliphatic heterocycles. The van der Waals surface area contributed by atoms with Crippen molar-refractivity contribution in [3.63, 3.8) is 0 Å². The van der Waals surface area contributed by atoms with Gasteiger partial charge in [-0.2, -0.15) is 0 Å². The normalized spacial score (nSPS) is 10.9. The number of aromatic nitrogens is 3. The van der Waals surface area contributed by atoms with Crippen LogP contribution in [0, 0.1) is 0 Å². The molecule has 0 aliphatic rings. The summed E-state index contributed by atoms with van der Waals surface area (Å²) in [7, 11) is 2.03. The van der Waals surface area contributed by atoms with Gasteiger partial charge in [0.15, 0.2) is 0 Å². The maximum absolute atomic E-state index is 4.44. The SMILES string of the molecule is Cn1ccc(CNc2cccc3n[se]nc23)c1. The fourth-order valence-corrected chi connectivity index (χ4v) is 2.96. The van der Waals surface area contributed by atoms with E-state index in [-0.39, 0.29) is 15.0 Å². The molecule has 1 N–H and O–H groups in total. The van der Waals surface area contributed by atoms with E-state index in [9.17, 15) is 0 Å². The first-order chi connectivity index (χ1) is 8.33. The average Bonchev–Trinajstić information content (AvgIpc) is 2.94. The summed E-state index contributed by atoms with van der Waals surface area (Å²) in [6.45, 7) is 0.819. The van der Waals surface area contributed by atoms with Gasteiger partial charge in [-0.3, -0.25) is 0 Å². The zero-order valence-electron chi connectivity index (χ0n) is 9.42. The maximum atomic E-state index is 4.44. The Morgan fingerprint density at radius 1 is 1.29 bits per heavy atom. The molecule has 0 saturated heterocycles. The van der Waals surface area contributed by atoms with Gasteiger partial charge in [-0.15, -0.1) is 0 Å². The molecule has 1 aromatic carbocycles. The molecule has 86 valence electrons. The quantitative estimate of drug-likeness (QED) is 0.746. The predicted octanol–water partition coefficient (Wildman–Crippen LogP) is 1.64. The van der Waals surface area contributed by atoms with E-state index in [1.807, 2.05) is 19.2 Å². The molecule has 0 unspecified atom stereocenters. The Labute approximate surface area is 106 Å². The topological polar surface area (TPSA) is 42.7 Å². The summed E-state index contributed by atoms with van der Waals surface area (Å²) in [5.41, 5.74) is 4.38. The van der Waals surface area contributed by atoms with Gasteiger partial charge in [-0.05, 0) is 0 Å². The van der Waals surface area contributed by atoms with E-state index in [1.165, 1.54) is 5.56 Å². The number of aryl methyl sites for hydroxylation is 1. The Kier molecular flexibility index (Phi) is 2.71. The molecule has 4 nitrogen and oxygen atoms in total. The van der Waals surface area contributed by atoms with Gasteiger partial charge in [0, 0.05) is 0 Å². The molecule has 0 atom stereocenters. The molecule has 0 radical (unpaired) electrons. The number of rotatable bonds is 3.